The SMILES string of the molecule is CC(C)CC(NC(=O)OC(C)(C)C)C(=O)[O-].[Cs+]. The molecule has 0 saturated heterocycles. The van der Waals surface area contributed by atoms with E-state index in [0.717, 1.165) is 0 Å². The zero-order valence-electron chi connectivity index (χ0n) is 11.5. The third-order valence-corrected chi connectivity index (χ3v) is 1.68. The van der Waals surface area contributed by atoms with Crippen molar-refractivity contribution in [2.45, 2.75) is 52.7 Å². The number of hydrogen-bond acceptors (Lipinski definition) is 4. The maximum atomic E-state index is 11.3. The van der Waals surface area contributed by atoms with Crippen LogP contribution in [-0.4, -0.2) is 23.7 Å². The Morgan fingerprint density at radius 2 is 1.76 bits per heavy atom. The van der Waals surface area contributed by atoms with Gasteiger partial charge in [0, 0.05) is 0 Å². The Balaban J connectivity index is 0. The molecule has 0 heterocycles. The van der Waals surface area contributed by atoms with Crippen LogP contribution in [0.4, 0.5) is 4.79 Å². The molecule has 0 aliphatic heterocycles. The van der Waals surface area contributed by atoms with E-state index >= 15 is 0 Å². The minimum atomic E-state index is -1.29. The quantitative estimate of drug-likeness (QED) is 0.609. The fourth-order valence-electron chi connectivity index (χ4n) is 1.14. The molecule has 0 aromatic heterocycles. The standard InChI is InChI=1S/C11H21NO4.Cs/c1-7(2)6-8(9(13)14)12-10(15)16-11(3,4)5;/h7-8H,6H2,1-5H3,(H,12,15)(H,13,14);/q;+1/p-1. The second-order valence-corrected chi connectivity index (χ2v) is 5.15. The number of rotatable bonds is 4. The number of aliphatic carboxylic acids is 1. The fraction of sp³-hybridized carbons (Fsp3) is 0.818. The number of nitrogens with one attached hydrogen (secondary N) is 1. The minimum absolute atomic E-state index is 0. The molecular weight excluding hydrogens is 343 g/mol. The van der Waals surface area contributed by atoms with E-state index in [0.29, 0.717) is 6.42 Å². The van der Waals surface area contributed by atoms with Gasteiger partial charge in [-0.1, -0.05) is 13.8 Å². The first-order chi connectivity index (χ1) is 7.11. The van der Waals surface area contributed by atoms with Crippen molar-refractivity contribution in [3.05, 3.63) is 0 Å². The van der Waals surface area contributed by atoms with E-state index < -0.39 is 23.7 Å². The number of carboxylic acids is 1. The van der Waals surface area contributed by atoms with Crippen LogP contribution in [0.2, 0.25) is 0 Å². The zero-order valence-corrected chi connectivity index (χ0v) is 17.8. The molecule has 0 radical (unpaired) electrons. The predicted octanol–water partition coefficient (Wildman–Crippen LogP) is -2.32. The van der Waals surface area contributed by atoms with Gasteiger partial charge in [0.2, 0.25) is 0 Å². The van der Waals surface area contributed by atoms with Crippen LogP contribution in [0.1, 0.15) is 41.0 Å². The number of alkyl carbamates (subject to hydrolysis) is 1. The Morgan fingerprint density at radius 1 is 1.29 bits per heavy atom. The molecule has 0 aliphatic rings. The van der Waals surface area contributed by atoms with E-state index in [1.54, 1.807) is 20.8 Å². The van der Waals surface area contributed by atoms with Gasteiger partial charge < -0.3 is 20.0 Å². The molecule has 0 saturated carbocycles. The number of hydrogen-bond donors (Lipinski definition) is 1. The number of carbonyl (C=O) groups excluding carboxylic acids is 2. The number of carbonyl (C=O) groups is 2. The summed E-state index contributed by atoms with van der Waals surface area (Å²) in [6.45, 7) is 8.87. The molecule has 0 aromatic carbocycles. The van der Waals surface area contributed by atoms with Crippen molar-refractivity contribution in [1.29, 1.82) is 0 Å². The van der Waals surface area contributed by atoms with Crippen molar-refractivity contribution in [3.63, 3.8) is 0 Å². The van der Waals surface area contributed by atoms with E-state index in [1.165, 1.54) is 0 Å². The molecule has 94 valence electrons. The van der Waals surface area contributed by atoms with E-state index in [2.05, 4.69) is 5.32 Å². The smallest absolute Gasteiger partial charge is 0.548 e. The first kappa shape index (κ1) is 20.1. The van der Waals surface area contributed by atoms with Crippen LogP contribution in [0.25, 0.3) is 0 Å². The maximum absolute atomic E-state index is 11.3. The van der Waals surface area contributed by atoms with Gasteiger partial charge in [0.15, 0.2) is 0 Å². The van der Waals surface area contributed by atoms with Gasteiger partial charge >= 0.3 is 75.0 Å². The maximum Gasteiger partial charge on any atom is 1.00 e. The van der Waals surface area contributed by atoms with Crippen molar-refractivity contribution in [1.82, 2.24) is 5.32 Å². The molecular formula is C11H20CsNO4. The third-order valence-electron chi connectivity index (χ3n) is 1.68. The van der Waals surface area contributed by atoms with E-state index in [4.69, 9.17) is 4.74 Å². The summed E-state index contributed by atoms with van der Waals surface area (Å²) in [6, 6.07) is -1.00. The normalized spacial score (nSPS) is 12.6. The second kappa shape index (κ2) is 8.82. The molecule has 1 unspecified atom stereocenters. The average Bonchev–Trinajstić information content (AvgIpc) is 1.97. The van der Waals surface area contributed by atoms with Gasteiger partial charge in [0.05, 0.1) is 12.0 Å². The zero-order chi connectivity index (χ0) is 12.9. The summed E-state index contributed by atoms with van der Waals surface area (Å²) in [5.74, 6) is -1.14. The molecule has 0 fully saturated rings. The third kappa shape index (κ3) is 11.6. The van der Waals surface area contributed by atoms with Crippen molar-refractivity contribution in [3.8, 4) is 0 Å². The first-order valence-corrected chi connectivity index (χ1v) is 5.32. The summed E-state index contributed by atoms with van der Waals surface area (Å²) in [5, 5.41) is 13.0. The van der Waals surface area contributed by atoms with E-state index in [-0.39, 0.29) is 74.8 Å². The average molecular weight is 363 g/mol. The molecule has 0 aromatic rings. The summed E-state index contributed by atoms with van der Waals surface area (Å²) in [5.41, 5.74) is -0.640. The molecule has 5 nitrogen and oxygen atoms in total. The number of ether oxygens (including phenoxy) is 1. The second-order valence-electron chi connectivity index (χ2n) is 5.15. The molecule has 0 aliphatic carbocycles. The van der Waals surface area contributed by atoms with Gasteiger partial charge in [-0.15, -0.1) is 0 Å². The van der Waals surface area contributed by atoms with Crippen molar-refractivity contribution in [2.75, 3.05) is 0 Å². The van der Waals surface area contributed by atoms with Crippen LogP contribution in [0, 0.1) is 5.92 Å². The van der Waals surface area contributed by atoms with Crippen molar-refractivity contribution >= 4 is 12.1 Å². The Kier molecular flexibility index (Phi) is 10.4. The Labute approximate surface area is 161 Å². The van der Waals surface area contributed by atoms with Gasteiger partial charge in [-0.05, 0) is 33.1 Å². The van der Waals surface area contributed by atoms with Crippen LogP contribution in [0.15, 0.2) is 0 Å². The summed E-state index contributed by atoms with van der Waals surface area (Å²) in [6.07, 6.45) is -0.413. The predicted molar refractivity (Wildman–Crippen MR) is 57.6 cm³/mol. The van der Waals surface area contributed by atoms with Crippen LogP contribution < -0.4 is 79.3 Å². The van der Waals surface area contributed by atoms with Crippen LogP contribution in [0.3, 0.4) is 0 Å². The van der Waals surface area contributed by atoms with Crippen LogP contribution in [-0.2, 0) is 9.53 Å². The van der Waals surface area contributed by atoms with Gasteiger partial charge in [-0.25, -0.2) is 4.79 Å². The first-order valence-electron chi connectivity index (χ1n) is 5.32. The van der Waals surface area contributed by atoms with Crippen LogP contribution >= 0.6 is 0 Å². The molecule has 17 heavy (non-hydrogen) atoms. The monoisotopic (exact) mass is 363 g/mol. The van der Waals surface area contributed by atoms with Gasteiger partial charge in [0.25, 0.3) is 0 Å². The summed E-state index contributed by atoms with van der Waals surface area (Å²) >= 11 is 0. The summed E-state index contributed by atoms with van der Waals surface area (Å²) in [7, 11) is 0. The largest absolute Gasteiger partial charge is 1.00 e. The van der Waals surface area contributed by atoms with E-state index in [9.17, 15) is 14.7 Å². The van der Waals surface area contributed by atoms with Crippen molar-refractivity contribution in [2.24, 2.45) is 5.92 Å². The minimum Gasteiger partial charge on any atom is -0.548 e. The Hall–Kier alpha value is 0.792. The topological polar surface area (TPSA) is 78.5 Å². The fourth-order valence-corrected chi connectivity index (χ4v) is 1.14. The molecule has 1 atom stereocenters. The van der Waals surface area contributed by atoms with Crippen LogP contribution in [0.5, 0.6) is 0 Å². The summed E-state index contributed by atoms with van der Waals surface area (Å²) < 4.78 is 4.96. The molecule has 1 amide bonds. The molecule has 0 rings (SSSR count). The molecule has 1 N–H and O–H groups in total. The number of amides is 1. The van der Waals surface area contributed by atoms with E-state index in [1.807, 2.05) is 13.8 Å². The molecule has 0 bridgehead atoms. The van der Waals surface area contributed by atoms with Gasteiger partial charge in [-0.3, -0.25) is 0 Å². The summed E-state index contributed by atoms with van der Waals surface area (Å²) in [4.78, 5) is 22.1. The molecule has 0 spiro atoms. The number of carboxylic acid groups (broad SMARTS) is 1. The Bertz CT molecular complexity index is 261. The van der Waals surface area contributed by atoms with Gasteiger partial charge in [-0.2, -0.15) is 0 Å². The Morgan fingerprint density at radius 3 is 2.06 bits per heavy atom. The van der Waals surface area contributed by atoms with Crippen molar-refractivity contribution < 1.29 is 88.3 Å². The van der Waals surface area contributed by atoms with Gasteiger partial charge in [0.1, 0.15) is 5.60 Å². The molecule has 6 heteroatoms.